The van der Waals surface area contributed by atoms with Gasteiger partial charge >= 0.3 is 0 Å². The Kier molecular flexibility index (Phi) is 6.54. The summed E-state index contributed by atoms with van der Waals surface area (Å²) in [5.74, 6) is -1.02. The van der Waals surface area contributed by atoms with Gasteiger partial charge in [0.25, 0.3) is 0 Å². The van der Waals surface area contributed by atoms with E-state index in [2.05, 4.69) is 23.2 Å². The smallest absolute Gasteiger partial charge is 0.248 e. The van der Waals surface area contributed by atoms with Crippen LogP contribution >= 0.6 is 11.3 Å². The van der Waals surface area contributed by atoms with Crippen LogP contribution in [0.4, 0.5) is 9.39 Å². The van der Waals surface area contributed by atoms with Crippen LogP contribution in [0, 0.1) is 17.1 Å². The Balaban J connectivity index is 1.48. The molecule has 0 spiro atoms. The van der Waals surface area contributed by atoms with Crippen LogP contribution in [-0.2, 0) is 30.7 Å². The number of carbonyl (C=O) groups is 2. The number of thiophene rings is 1. The first-order valence-electron chi connectivity index (χ1n) is 10.6. The maximum atomic E-state index is 13.6. The van der Waals surface area contributed by atoms with E-state index in [1.54, 1.807) is 30.3 Å². The lowest BCUT2D eigenvalue weighted by Crippen LogP contribution is -2.37. The Morgan fingerprint density at radius 3 is 2.67 bits per heavy atom. The van der Waals surface area contributed by atoms with Crippen molar-refractivity contribution >= 4 is 28.2 Å². The SMILES string of the molecule is CC1Cc2sc(NC(=O)Cc3ccc(C(N)=O)cc3)c(C#N)c2CN1Cc1cccc(F)c1. The Hall–Kier alpha value is -3.54. The number of nitrogens with zero attached hydrogens (tertiary/aromatic N) is 2. The number of benzene rings is 2. The van der Waals surface area contributed by atoms with Gasteiger partial charge in [-0.05, 0) is 48.7 Å². The highest BCUT2D eigenvalue weighted by Crippen LogP contribution is 2.38. The van der Waals surface area contributed by atoms with E-state index in [9.17, 15) is 19.2 Å². The summed E-state index contributed by atoms with van der Waals surface area (Å²) in [6.45, 7) is 3.26. The predicted molar refractivity (Wildman–Crippen MR) is 125 cm³/mol. The lowest BCUT2D eigenvalue weighted by Gasteiger charge is -2.33. The molecule has 0 aliphatic carbocycles. The van der Waals surface area contributed by atoms with Gasteiger partial charge in [0.1, 0.15) is 16.9 Å². The first-order chi connectivity index (χ1) is 15.8. The highest BCUT2D eigenvalue weighted by atomic mass is 32.1. The second-order valence-corrected chi connectivity index (χ2v) is 9.30. The summed E-state index contributed by atoms with van der Waals surface area (Å²) >= 11 is 1.44. The van der Waals surface area contributed by atoms with E-state index in [0.29, 0.717) is 29.2 Å². The molecule has 2 amide bonds. The minimum atomic E-state index is -0.519. The van der Waals surface area contributed by atoms with Gasteiger partial charge in [-0.25, -0.2) is 4.39 Å². The van der Waals surface area contributed by atoms with Crippen molar-refractivity contribution in [2.24, 2.45) is 5.73 Å². The molecule has 0 radical (unpaired) electrons. The number of hydrogen-bond donors (Lipinski definition) is 2. The van der Waals surface area contributed by atoms with Gasteiger partial charge in [-0.2, -0.15) is 5.26 Å². The molecule has 8 heteroatoms. The zero-order chi connectivity index (χ0) is 23.5. The molecule has 1 aromatic heterocycles. The maximum absolute atomic E-state index is 13.6. The summed E-state index contributed by atoms with van der Waals surface area (Å²) in [6.07, 6.45) is 0.878. The highest BCUT2D eigenvalue weighted by Gasteiger charge is 2.29. The van der Waals surface area contributed by atoms with E-state index in [1.165, 1.54) is 23.5 Å². The highest BCUT2D eigenvalue weighted by molar-refractivity contribution is 7.16. The average Bonchev–Trinajstić information content (AvgIpc) is 3.09. The Bertz CT molecular complexity index is 1250. The molecule has 3 N–H and O–H groups in total. The van der Waals surface area contributed by atoms with Crippen LogP contribution < -0.4 is 11.1 Å². The molecule has 0 saturated heterocycles. The quantitative estimate of drug-likeness (QED) is 0.579. The van der Waals surface area contributed by atoms with Crippen molar-refractivity contribution in [2.75, 3.05) is 5.32 Å². The first kappa shape index (κ1) is 22.6. The molecule has 2 aromatic carbocycles. The second kappa shape index (κ2) is 9.53. The molecule has 3 aromatic rings. The van der Waals surface area contributed by atoms with Gasteiger partial charge in [0, 0.05) is 35.1 Å². The van der Waals surface area contributed by atoms with E-state index in [-0.39, 0.29) is 24.2 Å². The Labute approximate surface area is 195 Å². The van der Waals surface area contributed by atoms with E-state index >= 15 is 0 Å². The molecule has 33 heavy (non-hydrogen) atoms. The molecule has 0 saturated carbocycles. The number of anilines is 1. The molecular formula is C25H23FN4O2S. The van der Waals surface area contributed by atoms with Crippen LogP contribution in [0.15, 0.2) is 48.5 Å². The molecule has 4 rings (SSSR count). The van der Waals surface area contributed by atoms with Crippen molar-refractivity contribution in [3.8, 4) is 6.07 Å². The van der Waals surface area contributed by atoms with E-state index in [4.69, 9.17) is 5.73 Å². The van der Waals surface area contributed by atoms with Gasteiger partial charge in [-0.15, -0.1) is 11.3 Å². The zero-order valence-electron chi connectivity index (χ0n) is 18.1. The van der Waals surface area contributed by atoms with Gasteiger partial charge < -0.3 is 11.1 Å². The minimum Gasteiger partial charge on any atom is -0.366 e. The van der Waals surface area contributed by atoms with Gasteiger partial charge in [0.05, 0.1) is 12.0 Å². The van der Waals surface area contributed by atoms with Crippen LogP contribution in [0.1, 0.15) is 44.4 Å². The standard InChI is InChI=1S/C25H23FN4O2S/c1-15-9-22-21(14-30(15)13-17-3-2-4-19(26)10-17)20(12-27)25(33-22)29-23(31)11-16-5-7-18(8-6-16)24(28)32/h2-8,10,15H,9,11,13-14H2,1H3,(H2,28,32)(H,29,31). The summed E-state index contributed by atoms with van der Waals surface area (Å²) in [5.41, 5.74) is 8.68. The van der Waals surface area contributed by atoms with Crippen molar-refractivity contribution in [1.82, 2.24) is 4.90 Å². The van der Waals surface area contributed by atoms with Crippen molar-refractivity contribution < 1.29 is 14.0 Å². The van der Waals surface area contributed by atoms with Gasteiger partial charge in [-0.1, -0.05) is 24.3 Å². The molecule has 1 aliphatic rings. The molecule has 2 heterocycles. The number of hydrogen-bond acceptors (Lipinski definition) is 5. The summed E-state index contributed by atoms with van der Waals surface area (Å²) in [7, 11) is 0. The van der Waals surface area contributed by atoms with Crippen LogP contribution in [0.5, 0.6) is 0 Å². The second-order valence-electron chi connectivity index (χ2n) is 8.19. The van der Waals surface area contributed by atoms with Crippen LogP contribution in [0.3, 0.4) is 0 Å². The van der Waals surface area contributed by atoms with E-state index < -0.39 is 5.91 Å². The molecule has 1 unspecified atom stereocenters. The number of nitriles is 1. The van der Waals surface area contributed by atoms with Gasteiger partial charge in [0.2, 0.25) is 11.8 Å². The lowest BCUT2D eigenvalue weighted by atomic mass is 9.99. The number of rotatable bonds is 6. The number of nitrogens with one attached hydrogen (secondary N) is 1. The molecule has 168 valence electrons. The van der Waals surface area contributed by atoms with Crippen molar-refractivity contribution in [3.05, 3.63) is 87.0 Å². The lowest BCUT2D eigenvalue weighted by molar-refractivity contribution is -0.115. The third-order valence-corrected chi connectivity index (χ3v) is 6.97. The van der Waals surface area contributed by atoms with Gasteiger partial charge in [0.15, 0.2) is 0 Å². The summed E-state index contributed by atoms with van der Waals surface area (Å²) in [5, 5.41) is 13.3. The van der Waals surface area contributed by atoms with E-state index in [1.807, 2.05) is 6.07 Å². The fraction of sp³-hybridized carbons (Fsp3) is 0.240. The predicted octanol–water partition coefficient (Wildman–Crippen LogP) is 3.99. The van der Waals surface area contributed by atoms with Crippen LogP contribution in [0.2, 0.25) is 0 Å². The average molecular weight is 463 g/mol. The van der Waals surface area contributed by atoms with Crippen molar-refractivity contribution in [3.63, 3.8) is 0 Å². The third kappa shape index (κ3) is 5.11. The molecule has 1 aliphatic heterocycles. The van der Waals surface area contributed by atoms with Crippen LogP contribution in [-0.4, -0.2) is 22.8 Å². The van der Waals surface area contributed by atoms with Crippen molar-refractivity contribution in [1.29, 1.82) is 5.26 Å². The monoisotopic (exact) mass is 462 g/mol. The Morgan fingerprint density at radius 1 is 1.24 bits per heavy atom. The molecular weight excluding hydrogens is 439 g/mol. The topological polar surface area (TPSA) is 99.2 Å². The molecule has 0 bridgehead atoms. The van der Waals surface area contributed by atoms with Crippen LogP contribution in [0.25, 0.3) is 0 Å². The first-order valence-corrected chi connectivity index (χ1v) is 11.4. The van der Waals surface area contributed by atoms with E-state index in [0.717, 1.165) is 28.0 Å². The maximum Gasteiger partial charge on any atom is 0.248 e. The fourth-order valence-electron chi connectivity index (χ4n) is 4.03. The number of nitrogens with two attached hydrogens (primary N) is 1. The largest absolute Gasteiger partial charge is 0.366 e. The molecule has 0 fully saturated rings. The normalized spacial score (nSPS) is 15.5. The summed E-state index contributed by atoms with van der Waals surface area (Å²) in [4.78, 5) is 27.1. The zero-order valence-corrected chi connectivity index (χ0v) is 18.9. The molecule has 6 nitrogen and oxygen atoms in total. The summed E-state index contributed by atoms with van der Waals surface area (Å²) in [6, 6.07) is 15.6. The number of primary amides is 1. The van der Waals surface area contributed by atoms with Gasteiger partial charge in [-0.3, -0.25) is 14.5 Å². The van der Waals surface area contributed by atoms with Crippen molar-refractivity contribution in [2.45, 2.75) is 38.9 Å². The number of fused-ring (bicyclic) bond motifs is 1. The number of halogens is 1. The third-order valence-electron chi connectivity index (χ3n) is 5.80. The Morgan fingerprint density at radius 2 is 2.00 bits per heavy atom. The summed E-state index contributed by atoms with van der Waals surface area (Å²) < 4.78 is 13.6. The number of carbonyl (C=O) groups excluding carboxylic acids is 2. The fourth-order valence-corrected chi connectivity index (χ4v) is 5.33. The minimum absolute atomic E-state index is 0.120. The molecule has 1 atom stereocenters. The number of amides is 2.